The summed E-state index contributed by atoms with van der Waals surface area (Å²) in [5, 5.41) is 7.77. The average molecular weight is 337 g/mol. The lowest BCUT2D eigenvalue weighted by Crippen LogP contribution is -2.25. The molecular formula is C17H25ClN4O. The van der Waals surface area contributed by atoms with Crippen LogP contribution < -0.4 is 10.1 Å². The molecule has 0 spiro atoms. The summed E-state index contributed by atoms with van der Waals surface area (Å²) < 4.78 is 7.45. The Labute approximate surface area is 144 Å². The van der Waals surface area contributed by atoms with E-state index >= 15 is 0 Å². The summed E-state index contributed by atoms with van der Waals surface area (Å²) in [5.74, 6) is 1.61. The van der Waals surface area contributed by atoms with Crippen molar-refractivity contribution in [1.29, 1.82) is 0 Å². The molecule has 126 valence electrons. The van der Waals surface area contributed by atoms with E-state index in [4.69, 9.17) is 4.74 Å². The molecule has 0 bridgehead atoms. The van der Waals surface area contributed by atoms with Crippen LogP contribution in [0.5, 0.6) is 5.75 Å². The van der Waals surface area contributed by atoms with Crippen LogP contribution >= 0.6 is 12.4 Å². The van der Waals surface area contributed by atoms with Gasteiger partial charge in [0, 0.05) is 19.3 Å². The number of hydrogen-bond donors (Lipinski definition) is 1. The SMILES string of the molecule is CNCC1CCN(Cc2ccnn2-c2ccccc2OC)C1.Cl. The van der Waals surface area contributed by atoms with Gasteiger partial charge in [0.1, 0.15) is 11.4 Å². The minimum absolute atomic E-state index is 0. The van der Waals surface area contributed by atoms with Gasteiger partial charge in [-0.05, 0) is 50.7 Å². The molecule has 1 unspecified atom stereocenters. The first-order chi connectivity index (χ1) is 10.8. The van der Waals surface area contributed by atoms with Crippen LogP contribution in [0.4, 0.5) is 0 Å². The summed E-state index contributed by atoms with van der Waals surface area (Å²) in [6, 6.07) is 10.1. The number of para-hydroxylation sites is 2. The maximum Gasteiger partial charge on any atom is 0.144 e. The Kier molecular flexibility index (Phi) is 6.45. The summed E-state index contributed by atoms with van der Waals surface area (Å²) in [6.45, 7) is 4.34. The molecule has 6 heteroatoms. The molecule has 1 aromatic heterocycles. The lowest BCUT2D eigenvalue weighted by Gasteiger charge is -2.18. The fourth-order valence-electron chi connectivity index (χ4n) is 3.21. The number of likely N-dealkylation sites (tertiary alicyclic amines) is 1. The lowest BCUT2D eigenvalue weighted by atomic mass is 10.1. The number of methoxy groups -OCH3 is 1. The molecule has 1 saturated heterocycles. The van der Waals surface area contributed by atoms with Gasteiger partial charge in [0.15, 0.2) is 0 Å². The molecule has 0 radical (unpaired) electrons. The fourth-order valence-corrected chi connectivity index (χ4v) is 3.21. The van der Waals surface area contributed by atoms with E-state index in [1.165, 1.54) is 12.1 Å². The van der Waals surface area contributed by atoms with Gasteiger partial charge < -0.3 is 10.1 Å². The van der Waals surface area contributed by atoms with Crippen LogP contribution in [0.15, 0.2) is 36.5 Å². The van der Waals surface area contributed by atoms with Gasteiger partial charge in [-0.15, -0.1) is 12.4 Å². The second kappa shape index (κ2) is 8.34. The Morgan fingerprint density at radius 3 is 2.91 bits per heavy atom. The number of aromatic nitrogens is 2. The van der Waals surface area contributed by atoms with Crippen molar-refractivity contribution >= 4 is 12.4 Å². The monoisotopic (exact) mass is 336 g/mol. The third-order valence-electron chi connectivity index (χ3n) is 4.28. The van der Waals surface area contributed by atoms with Crippen molar-refractivity contribution in [2.75, 3.05) is 33.8 Å². The van der Waals surface area contributed by atoms with E-state index in [0.29, 0.717) is 0 Å². The third-order valence-corrected chi connectivity index (χ3v) is 4.28. The first-order valence-electron chi connectivity index (χ1n) is 7.85. The third kappa shape index (κ3) is 4.05. The topological polar surface area (TPSA) is 42.3 Å². The van der Waals surface area contributed by atoms with Crippen molar-refractivity contribution in [2.24, 2.45) is 5.92 Å². The van der Waals surface area contributed by atoms with Crippen LogP contribution in [0.1, 0.15) is 12.1 Å². The van der Waals surface area contributed by atoms with Crippen LogP contribution in [0.3, 0.4) is 0 Å². The first-order valence-corrected chi connectivity index (χ1v) is 7.85. The minimum Gasteiger partial charge on any atom is -0.494 e. The molecule has 1 aliphatic rings. The van der Waals surface area contributed by atoms with Gasteiger partial charge in [-0.2, -0.15) is 5.10 Å². The predicted octanol–water partition coefficient (Wildman–Crippen LogP) is 2.34. The molecule has 2 heterocycles. The normalized spacial score (nSPS) is 17.9. The van der Waals surface area contributed by atoms with Crippen molar-refractivity contribution < 1.29 is 4.74 Å². The molecule has 2 aromatic rings. The van der Waals surface area contributed by atoms with Crippen LogP contribution in [-0.2, 0) is 6.54 Å². The number of benzene rings is 1. The maximum atomic E-state index is 5.46. The Bertz CT molecular complexity index is 616. The molecular weight excluding hydrogens is 312 g/mol. The van der Waals surface area contributed by atoms with Crippen LogP contribution in [0.2, 0.25) is 0 Å². The van der Waals surface area contributed by atoms with E-state index in [-0.39, 0.29) is 12.4 Å². The predicted molar refractivity (Wildman–Crippen MR) is 94.7 cm³/mol. The average Bonchev–Trinajstić information content (AvgIpc) is 3.18. The molecule has 0 aliphatic carbocycles. The number of nitrogens with one attached hydrogen (secondary N) is 1. The van der Waals surface area contributed by atoms with Gasteiger partial charge >= 0.3 is 0 Å². The highest BCUT2D eigenvalue weighted by Crippen LogP contribution is 2.24. The summed E-state index contributed by atoms with van der Waals surface area (Å²) in [5.41, 5.74) is 2.20. The van der Waals surface area contributed by atoms with Gasteiger partial charge in [-0.3, -0.25) is 4.90 Å². The number of nitrogens with zero attached hydrogens (tertiary/aromatic N) is 3. The summed E-state index contributed by atoms with van der Waals surface area (Å²) in [4.78, 5) is 2.50. The second-order valence-electron chi connectivity index (χ2n) is 5.85. The maximum absolute atomic E-state index is 5.46. The second-order valence-corrected chi connectivity index (χ2v) is 5.85. The van der Waals surface area contributed by atoms with E-state index in [2.05, 4.69) is 21.4 Å². The van der Waals surface area contributed by atoms with Gasteiger partial charge in [-0.25, -0.2) is 4.68 Å². The number of rotatable bonds is 6. The zero-order valence-corrected chi connectivity index (χ0v) is 14.6. The number of ether oxygens (including phenoxy) is 1. The van der Waals surface area contributed by atoms with Gasteiger partial charge in [0.2, 0.25) is 0 Å². The van der Waals surface area contributed by atoms with E-state index in [9.17, 15) is 0 Å². The smallest absolute Gasteiger partial charge is 0.144 e. The zero-order valence-electron chi connectivity index (χ0n) is 13.7. The van der Waals surface area contributed by atoms with Crippen molar-refractivity contribution in [1.82, 2.24) is 20.0 Å². The van der Waals surface area contributed by atoms with Crippen LogP contribution in [0.25, 0.3) is 5.69 Å². The highest BCUT2D eigenvalue weighted by Gasteiger charge is 2.23. The summed E-state index contributed by atoms with van der Waals surface area (Å²) in [6.07, 6.45) is 3.13. The van der Waals surface area contributed by atoms with Crippen LogP contribution in [-0.4, -0.2) is 48.5 Å². The molecule has 3 rings (SSSR count). The Morgan fingerprint density at radius 1 is 1.30 bits per heavy atom. The molecule has 0 saturated carbocycles. The Hall–Kier alpha value is -1.56. The van der Waals surface area contributed by atoms with E-state index in [1.807, 2.05) is 42.2 Å². The van der Waals surface area contributed by atoms with E-state index in [1.54, 1.807) is 7.11 Å². The van der Waals surface area contributed by atoms with Crippen molar-refractivity contribution in [3.05, 3.63) is 42.2 Å². The fraction of sp³-hybridized carbons (Fsp3) is 0.471. The standard InChI is InChI=1S/C17H24N4O.ClH/c1-18-11-14-8-10-20(12-14)13-15-7-9-19-21(15)16-5-3-4-6-17(16)22-2;/h3-7,9,14,18H,8,10-13H2,1-2H3;1H. The zero-order chi connectivity index (χ0) is 15.4. The lowest BCUT2D eigenvalue weighted by molar-refractivity contribution is 0.308. The highest BCUT2D eigenvalue weighted by atomic mass is 35.5. The molecule has 0 amide bonds. The largest absolute Gasteiger partial charge is 0.494 e. The van der Waals surface area contributed by atoms with E-state index < -0.39 is 0 Å². The molecule has 1 atom stereocenters. The number of halogens is 1. The molecule has 1 aromatic carbocycles. The van der Waals surface area contributed by atoms with Gasteiger partial charge in [-0.1, -0.05) is 12.1 Å². The van der Waals surface area contributed by atoms with E-state index in [0.717, 1.165) is 43.5 Å². The molecule has 5 nitrogen and oxygen atoms in total. The minimum atomic E-state index is 0. The van der Waals surface area contributed by atoms with Crippen molar-refractivity contribution in [3.8, 4) is 11.4 Å². The summed E-state index contributed by atoms with van der Waals surface area (Å²) >= 11 is 0. The quantitative estimate of drug-likeness (QED) is 0.879. The Balaban J connectivity index is 0.00000192. The summed E-state index contributed by atoms with van der Waals surface area (Å²) in [7, 11) is 3.73. The number of hydrogen-bond acceptors (Lipinski definition) is 4. The van der Waals surface area contributed by atoms with Crippen molar-refractivity contribution in [3.63, 3.8) is 0 Å². The van der Waals surface area contributed by atoms with Gasteiger partial charge in [0.25, 0.3) is 0 Å². The van der Waals surface area contributed by atoms with Crippen LogP contribution in [0, 0.1) is 5.92 Å². The molecule has 1 N–H and O–H groups in total. The molecule has 1 aliphatic heterocycles. The first kappa shape index (κ1) is 17.8. The molecule has 23 heavy (non-hydrogen) atoms. The Morgan fingerprint density at radius 2 is 2.13 bits per heavy atom. The van der Waals surface area contributed by atoms with Gasteiger partial charge in [0.05, 0.1) is 12.8 Å². The highest BCUT2D eigenvalue weighted by molar-refractivity contribution is 5.85. The van der Waals surface area contributed by atoms with Crippen molar-refractivity contribution in [2.45, 2.75) is 13.0 Å². The molecule has 1 fully saturated rings.